The van der Waals surface area contributed by atoms with Crippen molar-refractivity contribution in [2.45, 2.75) is 25.4 Å². The van der Waals surface area contributed by atoms with Crippen LogP contribution >= 0.6 is 15.9 Å². The number of imide groups is 1. The Balaban J connectivity index is 1.93. The Hall–Kier alpha value is -2.22. The van der Waals surface area contributed by atoms with Crippen LogP contribution in [0.5, 0.6) is 0 Å². The number of nitrogens with two attached hydrogens (primary N) is 1. The van der Waals surface area contributed by atoms with Gasteiger partial charge in [0.15, 0.2) is 0 Å². The monoisotopic (exact) mass is 365 g/mol. The Morgan fingerprint density at radius 1 is 1.32 bits per heavy atom. The summed E-state index contributed by atoms with van der Waals surface area (Å²) in [6.07, 6.45) is 0.501. The molecule has 4 amide bonds. The third-order valence-corrected chi connectivity index (χ3v) is 4.53. The highest BCUT2D eigenvalue weighted by molar-refractivity contribution is 9.10. The molecule has 8 heteroatoms. The number of carbonyl (C=O) groups is 4. The van der Waals surface area contributed by atoms with Crippen LogP contribution in [0, 0.1) is 0 Å². The lowest BCUT2D eigenvalue weighted by Gasteiger charge is -2.29. The number of halogens is 1. The smallest absolute Gasteiger partial charge is 0.255 e. The van der Waals surface area contributed by atoms with Crippen molar-refractivity contribution in [3.8, 4) is 0 Å². The van der Waals surface area contributed by atoms with Crippen molar-refractivity contribution in [1.82, 2.24) is 10.2 Å². The third-order valence-electron chi connectivity index (χ3n) is 3.88. The molecule has 0 aromatic heterocycles. The Labute approximate surface area is 134 Å². The lowest BCUT2D eigenvalue weighted by Crippen LogP contribution is -2.52. The molecule has 0 aliphatic carbocycles. The van der Waals surface area contributed by atoms with E-state index < -0.39 is 17.9 Å². The van der Waals surface area contributed by atoms with E-state index in [9.17, 15) is 19.2 Å². The molecule has 7 nitrogen and oxygen atoms in total. The van der Waals surface area contributed by atoms with Gasteiger partial charge in [0.05, 0.1) is 5.56 Å². The molecule has 114 valence electrons. The van der Waals surface area contributed by atoms with Gasteiger partial charge in [0.1, 0.15) is 6.04 Å². The molecule has 1 atom stereocenters. The van der Waals surface area contributed by atoms with Crippen molar-refractivity contribution in [3.63, 3.8) is 0 Å². The third kappa shape index (κ3) is 2.29. The second kappa shape index (κ2) is 5.20. The fourth-order valence-corrected chi connectivity index (χ4v) is 3.32. The van der Waals surface area contributed by atoms with Crippen LogP contribution in [-0.4, -0.2) is 34.6 Å². The summed E-state index contributed by atoms with van der Waals surface area (Å²) in [5, 5.41) is 2.24. The maximum atomic E-state index is 12.5. The van der Waals surface area contributed by atoms with E-state index in [0.717, 1.165) is 0 Å². The number of piperidine rings is 1. The fourth-order valence-electron chi connectivity index (χ4n) is 2.78. The van der Waals surface area contributed by atoms with Gasteiger partial charge in [-0.25, -0.2) is 0 Å². The maximum absolute atomic E-state index is 12.5. The summed E-state index contributed by atoms with van der Waals surface area (Å²) in [4.78, 5) is 48.4. The minimum Gasteiger partial charge on any atom is -0.366 e. The number of nitrogens with one attached hydrogen (secondary N) is 1. The summed E-state index contributed by atoms with van der Waals surface area (Å²) in [7, 11) is 0. The van der Waals surface area contributed by atoms with Crippen LogP contribution in [0.3, 0.4) is 0 Å². The molecular formula is C14H12BrN3O4. The number of carbonyl (C=O) groups excluding carboxylic acids is 4. The zero-order valence-corrected chi connectivity index (χ0v) is 13.0. The largest absolute Gasteiger partial charge is 0.366 e. The molecule has 1 unspecified atom stereocenters. The highest BCUT2D eigenvalue weighted by atomic mass is 79.9. The number of hydrogen-bond acceptors (Lipinski definition) is 4. The summed E-state index contributed by atoms with van der Waals surface area (Å²) in [6, 6.07) is 2.43. The number of fused-ring (bicyclic) bond motifs is 1. The quantitative estimate of drug-likeness (QED) is 0.734. The van der Waals surface area contributed by atoms with Gasteiger partial charge in [0.2, 0.25) is 17.7 Å². The second-order valence-corrected chi connectivity index (χ2v) is 6.11. The predicted octanol–water partition coefficient (Wildman–Crippen LogP) is 0.309. The van der Waals surface area contributed by atoms with E-state index in [1.807, 2.05) is 0 Å². The van der Waals surface area contributed by atoms with E-state index in [4.69, 9.17) is 5.73 Å². The van der Waals surface area contributed by atoms with Gasteiger partial charge in [0.25, 0.3) is 5.91 Å². The Morgan fingerprint density at radius 3 is 2.68 bits per heavy atom. The average molecular weight is 366 g/mol. The Bertz CT molecular complexity index is 731. The molecule has 3 N–H and O–H groups in total. The molecular weight excluding hydrogens is 354 g/mol. The van der Waals surface area contributed by atoms with Crippen LogP contribution < -0.4 is 11.1 Å². The van der Waals surface area contributed by atoms with Gasteiger partial charge >= 0.3 is 0 Å². The number of primary amides is 1. The Kier molecular flexibility index (Phi) is 3.48. The van der Waals surface area contributed by atoms with Crippen molar-refractivity contribution < 1.29 is 19.2 Å². The van der Waals surface area contributed by atoms with Gasteiger partial charge in [-0.05, 0) is 40.0 Å². The highest BCUT2D eigenvalue weighted by Gasteiger charge is 2.39. The molecule has 22 heavy (non-hydrogen) atoms. The highest BCUT2D eigenvalue weighted by Crippen LogP contribution is 2.31. The molecule has 2 heterocycles. The van der Waals surface area contributed by atoms with Gasteiger partial charge in [-0.1, -0.05) is 0 Å². The van der Waals surface area contributed by atoms with E-state index in [1.165, 1.54) is 4.90 Å². The van der Waals surface area contributed by atoms with Crippen LogP contribution in [0.2, 0.25) is 0 Å². The lowest BCUT2D eigenvalue weighted by atomic mass is 10.0. The van der Waals surface area contributed by atoms with E-state index >= 15 is 0 Å². The molecule has 0 bridgehead atoms. The molecule has 1 fully saturated rings. The normalized spacial score (nSPS) is 20.9. The first kappa shape index (κ1) is 14.7. The Morgan fingerprint density at radius 2 is 2.05 bits per heavy atom. The van der Waals surface area contributed by atoms with Crippen molar-refractivity contribution in [1.29, 1.82) is 0 Å². The molecule has 1 aromatic rings. The summed E-state index contributed by atoms with van der Waals surface area (Å²) < 4.78 is 0.442. The molecule has 0 radical (unpaired) electrons. The van der Waals surface area contributed by atoms with Gasteiger partial charge in [-0.2, -0.15) is 0 Å². The standard InChI is InChI=1S/C14H12BrN3O4/c15-9-4-7-6(3-8(9)12(16)20)5-18(14(7)22)10-1-2-11(19)17-13(10)21/h3-4,10H,1-2,5H2,(H2,16,20)(H,17,19,21). The molecule has 2 aliphatic rings. The maximum Gasteiger partial charge on any atom is 0.255 e. The molecule has 1 aromatic carbocycles. The number of nitrogens with zero attached hydrogens (tertiary/aromatic N) is 1. The van der Waals surface area contributed by atoms with Crippen LogP contribution in [-0.2, 0) is 16.1 Å². The van der Waals surface area contributed by atoms with Crippen molar-refractivity contribution >= 4 is 39.6 Å². The van der Waals surface area contributed by atoms with Crippen molar-refractivity contribution in [2.75, 3.05) is 0 Å². The van der Waals surface area contributed by atoms with Gasteiger partial charge < -0.3 is 10.6 Å². The fraction of sp³-hybridized carbons (Fsp3) is 0.286. The SMILES string of the molecule is NC(=O)c1cc2c(cc1Br)C(=O)N(C1CCC(=O)NC1=O)C2. The van der Waals surface area contributed by atoms with Crippen LogP contribution in [0.25, 0.3) is 0 Å². The summed E-state index contributed by atoms with van der Waals surface area (Å²) in [6.45, 7) is 0.216. The van der Waals surface area contributed by atoms with E-state index in [1.54, 1.807) is 12.1 Å². The number of amides is 4. The second-order valence-electron chi connectivity index (χ2n) is 5.25. The lowest BCUT2D eigenvalue weighted by molar-refractivity contribution is -0.136. The first-order chi connectivity index (χ1) is 10.4. The molecule has 2 aliphatic heterocycles. The van der Waals surface area contributed by atoms with Crippen LogP contribution in [0.15, 0.2) is 16.6 Å². The first-order valence-electron chi connectivity index (χ1n) is 6.65. The topological polar surface area (TPSA) is 110 Å². The van der Waals surface area contributed by atoms with Crippen LogP contribution in [0.4, 0.5) is 0 Å². The van der Waals surface area contributed by atoms with E-state index in [-0.39, 0.29) is 30.3 Å². The zero-order chi connectivity index (χ0) is 16.0. The average Bonchev–Trinajstić information content (AvgIpc) is 2.75. The van der Waals surface area contributed by atoms with Gasteiger partial charge in [0, 0.05) is 23.0 Å². The number of hydrogen-bond donors (Lipinski definition) is 2. The summed E-state index contributed by atoms with van der Waals surface area (Å²) in [5.74, 6) is -1.68. The number of rotatable bonds is 2. The zero-order valence-electron chi connectivity index (χ0n) is 11.4. The van der Waals surface area contributed by atoms with Crippen molar-refractivity contribution in [3.05, 3.63) is 33.3 Å². The first-order valence-corrected chi connectivity index (χ1v) is 7.44. The molecule has 1 saturated heterocycles. The summed E-state index contributed by atoms with van der Waals surface area (Å²) >= 11 is 3.22. The summed E-state index contributed by atoms with van der Waals surface area (Å²) in [5.41, 5.74) is 6.65. The van der Waals surface area contributed by atoms with E-state index in [0.29, 0.717) is 22.0 Å². The van der Waals surface area contributed by atoms with E-state index in [2.05, 4.69) is 21.2 Å². The minimum atomic E-state index is -0.673. The predicted molar refractivity (Wildman–Crippen MR) is 78.7 cm³/mol. The van der Waals surface area contributed by atoms with Crippen molar-refractivity contribution in [2.24, 2.45) is 5.73 Å². The van der Waals surface area contributed by atoms with Crippen LogP contribution in [0.1, 0.15) is 39.1 Å². The van der Waals surface area contributed by atoms with Gasteiger partial charge in [-0.3, -0.25) is 24.5 Å². The number of benzene rings is 1. The molecule has 3 rings (SSSR count). The molecule has 0 saturated carbocycles. The van der Waals surface area contributed by atoms with Gasteiger partial charge in [-0.15, -0.1) is 0 Å². The molecule has 0 spiro atoms. The minimum absolute atomic E-state index is 0.201.